The second kappa shape index (κ2) is 10.5. The molecule has 0 aromatic heterocycles. The molecule has 1 amide bonds. The van der Waals surface area contributed by atoms with E-state index in [1.54, 1.807) is 36.4 Å². The molecule has 1 fully saturated rings. The Hall–Kier alpha value is -3.03. The van der Waals surface area contributed by atoms with Crippen molar-refractivity contribution in [1.29, 1.82) is 0 Å². The van der Waals surface area contributed by atoms with E-state index in [4.69, 9.17) is 26.2 Å². The lowest BCUT2D eigenvalue weighted by Gasteiger charge is -2.25. The smallest absolute Gasteiger partial charge is 0.295 e. The molecule has 2 aromatic rings. The summed E-state index contributed by atoms with van der Waals surface area (Å²) in [5.74, 6) is -0.739. The van der Waals surface area contributed by atoms with Crippen molar-refractivity contribution in [3.05, 3.63) is 64.2 Å². The molecule has 1 saturated heterocycles. The number of likely N-dealkylation sites (tertiary alicyclic amines) is 1. The molecule has 7 nitrogen and oxygen atoms in total. The van der Waals surface area contributed by atoms with Gasteiger partial charge < -0.3 is 24.6 Å². The Morgan fingerprint density at radius 3 is 2.62 bits per heavy atom. The summed E-state index contributed by atoms with van der Waals surface area (Å²) in [5, 5.41) is 20.3. The monoisotopic (exact) mass is 459 g/mol. The SMILES string of the molecule is CCCN1C(=O)C(=O)/C(=C(/O)c2ccc(OC)c(Cl)c2)C1c1cccc(OCCCO)c1. The van der Waals surface area contributed by atoms with Crippen LogP contribution in [0.3, 0.4) is 0 Å². The van der Waals surface area contributed by atoms with Crippen molar-refractivity contribution in [2.75, 3.05) is 26.9 Å². The summed E-state index contributed by atoms with van der Waals surface area (Å²) in [6.45, 7) is 2.61. The number of carbonyl (C=O) groups is 2. The number of hydrogen-bond donors (Lipinski definition) is 2. The molecule has 3 rings (SSSR count). The van der Waals surface area contributed by atoms with E-state index >= 15 is 0 Å². The number of aliphatic hydroxyl groups is 2. The van der Waals surface area contributed by atoms with Gasteiger partial charge in [-0.3, -0.25) is 9.59 Å². The number of nitrogens with zero attached hydrogens (tertiary/aromatic N) is 1. The van der Waals surface area contributed by atoms with Crippen LogP contribution in [0.1, 0.15) is 36.9 Å². The number of ether oxygens (including phenoxy) is 2. The van der Waals surface area contributed by atoms with E-state index in [2.05, 4.69) is 0 Å². The van der Waals surface area contributed by atoms with E-state index in [1.807, 2.05) is 6.92 Å². The molecule has 8 heteroatoms. The Morgan fingerprint density at radius 1 is 1.19 bits per heavy atom. The van der Waals surface area contributed by atoms with Gasteiger partial charge in [-0.15, -0.1) is 0 Å². The van der Waals surface area contributed by atoms with Gasteiger partial charge in [-0.25, -0.2) is 0 Å². The summed E-state index contributed by atoms with van der Waals surface area (Å²) in [4.78, 5) is 27.2. The standard InChI is InChI=1S/C24H26ClNO6/c1-3-10-26-21(15-6-4-7-17(13-15)32-12-5-11-27)20(23(29)24(26)30)22(28)16-8-9-19(31-2)18(25)14-16/h4,6-9,13-14,21,27-28H,3,5,10-12H2,1-2H3/b22-20+. The van der Waals surface area contributed by atoms with Gasteiger partial charge >= 0.3 is 0 Å². The van der Waals surface area contributed by atoms with Crippen LogP contribution in [0, 0.1) is 0 Å². The predicted molar refractivity (Wildman–Crippen MR) is 121 cm³/mol. The summed E-state index contributed by atoms with van der Waals surface area (Å²) in [6, 6.07) is 10.9. The van der Waals surface area contributed by atoms with E-state index in [0.29, 0.717) is 48.6 Å². The average Bonchev–Trinajstić information content (AvgIpc) is 3.04. The van der Waals surface area contributed by atoms with Crippen molar-refractivity contribution < 1.29 is 29.3 Å². The molecule has 0 bridgehead atoms. The van der Waals surface area contributed by atoms with Crippen molar-refractivity contribution in [2.45, 2.75) is 25.8 Å². The van der Waals surface area contributed by atoms with Gasteiger partial charge in [0.2, 0.25) is 0 Å². The van der Waals surface area contributed by atoms with Crippen LogP contribution >= 0.6 is 11.6 Å². The van der Waals surface area contributed by atoms with Crippen LogP contribution < -0.4 is 9.47 Å². The highest BCUT2D eigenvalue weighted by molar-refractivity contribution is 6.46. The van der Waals surface area contributed by atoms with Gasteiger partial charge in [0, 0.05) is 25.1 Å². The first-order chi connectivity index (χ1) is 15.4. The normalized spacial score (nSPS) is 17.6. The van der Waals surface area contributed by atoms with Gasteiger partial charge in [0.15, 0.2) is 0 Å². The van der Waals surface area contributed by atoms with Gasteiger partial charge in [0.25, 0.3) is 11.7 Å². The zero-order valence-electron chi connectivity index (χ0n) is 18.0. The van der Waals surface area contributed by atoms with Crippen molar-refractivity contribution in [1.82, 2.24) is 4.90 Å². The molecule has 1 unspecified atom stereocenters. The highest BCUT2D eigenvalue weighted by Crippen LogP contribution is 2.41. The number of methoxy groups -OCH3 is 1. The quantitative estimate of drug-likeness (QED) is 0.255. The number of hydrogen-bond acceptors (Lipinski definition) is 6. The zero-order chi connectivity index (χ0) is 23.3. The van der Waals surface area contributed by atoms with Crippen LogP contribution in [0.25, 0.3) is 5.76 Å². The minimum absolute atomic E-state index is 0.00260. The fraction of sp³-hybridized carbons (Fsp3) is 0.333. The first-order valence-corrected chi connectivity index (χ1v) is 10.8. The molecule has 1 heterocycles. The van der Waals surface area contributed by atoms with Gasteiger partial charge in [-0.2, -0.15) is 0 Å². The highest BCUT2D eigenvalue weighted by Gasteiger charge is 2.45. The molecule has 0 radical (unpaired) electrons. The van der Waals surface area contributed by atoms with Gasteiger partial charge in [0.05, 0.1) is 30.4 Å². The van der Waals surface area contributed by atoms with Crippen LogP contribution in [0.5, 0.6) is 11.5 Å². The molecule has 0 saturated carbocycles. The summed E-state index contributed by atoms with van der Waals surface area (Å²) in [7, 11) is 1.48. The summed E-state index contributed by atoms with van der Waals surface area (Å²) < 4.78 is 10.8. The number of rotatable bonds is 9. The van der Waals surface area contributed by atoms with E-state index in [1.165, 1.54) is 18.1 Å². The number of halogens is 1. The minimum atomic E-state index is -0.766. The number of aliphatic hydroxyl groups excluding tert-OH is 2. The third-order valence-corrected chi connectivity index (χ3v) is 5.47. The topological polar surface area (TPSA) is 96.3 Å². The molecule has 170 valence electrons. The maximum absolute atomic E-state index is 13.0. The number of benzene rings is 2. The molecule has 0 aliphatic carbocycles. The first-order valence-electron chi connectivity index (χ1n) is 10.4. The third kappa shape index (κ3) is 4.74. The second-order valence-electron chi connectivity index (χ2n) is 7.34. The van der Waals surface area contributed by atoms with Crippen LogP contribution in [0.15, 0.2) is 48.0 Å². The lowest BCUT2D eigenvalue weighted by Crippen LogP contribution is -2.30. The summed E-state index contributed by atoms with van der Waals surface area (Å²) in [6.07, 6.45) is 1.13. The van der Waals surface area contributed by atoms with Crippen LogP contribution in [-0.2, 0) is 9.59 Å². The molecule has 32 heavy (non-hydrogen) atoms. The van der Waals surface area contributed by atoms with Gasteiger partial charge in [0.1, 0.15) is 17.3 Å². The molecular formula is C24H26ClNO6. The number of amides is 1. The number of carbonyl (C=O) groups excluding carboxylic acids is 2. The lowest BCUT2D eigenvalue weighted by molar-refractivity contribution is -0.139. The largest absolute Gasteiger partial charge is 0.507 e. The Bertz CT molecular complexity index is 1030. The number of ketones is 1. The predicted octanol–water partition coefficient (Wildman–Crippen LogP) is 3.94. The van der Waals surface area contributed by atoms with Gasteiger partial charge in [-0.05, 0) is 42.3 Å². The van der Waals surface area contributed by atoms with Crippen LogP contribution in [0.2, 0.25) is 5.02 Å². The zero-order valence-corrected chi connectivity index (χ0v) is 18.8. The van der Waals surface area contributed by atoms with Crippen molar-refractivity contribution in [3.63, 3.8) is 0 Å². The molecule has 1 aliphatic heterocycles. The molecule has 1 aliphatic rings. The maximum atomic E-state index is 13.0. The minimum Gasteiger partial charge on any atom is -0.507 e. The highest BCUT2D eigenvalue weighted by atomic mass is 35.5. The maximum Gasteiger partial charge on any atom is 0.295 e. The summed E-state index contributed by atoms with van der Waals surface area (Å²) in [5.41, 5.74) is 0.947. The van der Waals surface area contributed by atoms with E-state index in [9.17, 15) is 14.7 Å². The molecular weight excluding hydrogens is 434 g/mol. The molecule has 0 spiro atoms. The van der Waals surface area contributed by atoms with E-state index < -0.39 is 17.7 Å². The fourth-order valence-corrected chi connectivity index (χ4v) is 3.95. The number of Topliss-reactive ketones (excluding diaryl/α,β-unsaturated/α-hetero) is 1. The van der Waals surface area contributed by atoms with Crippen LogP contribution in [-0.4, -0.2) is 53.7 Å². The van der Waals surface area contributed by atoms with Gasteiger partial charge in [-0.1, -0.05) is 30.7 Å². The Kier molecular flexibility index (Phi) is 7.77. The van der Waals surface area contributed by atoms with Crippen molar-refractivity contribution in [3.8, 4) is 11.5 Å². The first kappa shape index (κ1) is 23.6. The second-order valence-corrected chi connectivity index (χ2v) is 7.75. The average molecular weight is 460 g/mol. The fourth-order valence-electron chi connectivity index (χ4n) is 3.70. The third-order valence-electron chi connectivity index (χ3n) is 5.17. The van der Waals surface area contributed by atoms with Crippen molar-refractivity contribution >= 4 is 29.1 Å². The Balaban J connectivity index is 2.10. The van der Waals surface area contributed by atoms with E-state index in [0.717, 1.165) is 0 Å². The lowest BCUT2D eigenvalue weighted by atomic mass is 9.95. The molecule has 2 N–H and O–H groups in total. The van der Waals surface area contributed by atoms with Crippen molar-refractivity contribution in [2.24, 2.45) is 0 Å². The summed E-state index contributed by atoms with van der Waals surface area (Å²) >= 11 is 6.20. The molecule has 2 aromatic carbocycles. The Labute approximate surface area is 191 Å². The Morgan fingerprint density at radius 2 is 1.97 bits per heavy atom. The van der Waals surface area contributed by atoms with E-state index in [-0.39, 0.29) is 23.0 Å². The van der Waals surface area contributed by atoms with Crippen LogP contribution in [0.4, 0.5) is 0 Å². The molecule has 1 atom stereocenters.